The molecule has 2 N–H and O–H groups in total. The molecule has 5 nitrogen and oxygen atoms in total. The first-order chi connectivity index (χ1) is 14.1. The van der Waals surface area contributed by atoms with Gasteiger partial charge in [-0.1, -0.05) is 24.3 Å². The van der Waals surface area contributed by atoms with Crippen molar-refractivity contribution in [3.8, 4) is 16.9 Å². The second-order valence-electron chi connectivity index (χ2n) is 7.05. The smallest absolute Gasteiger partial charge is 0.254 e. The predicted octanol–water partition coefficient (Wildman–Crippen LogP) is 4.48. The second kappa shape index (κ2) is 6.97. The molecule has 0 bridgehead atoms. The molecule has 144 valence electrons. The van der Waals surface area contributed by atoms with Crippen molar-refractivity contribution in [2.24, 2.45) is 7.05 Å². The van der Waals surface area contributed by atoms with E-state index < -0.39 is 0 Å². The lowest BCUT2D eigenvalue weighted by molar-refractivity contribution is 0.0948. The van der Waals surface area contributed by atoms with E-state index in [2.05, 4.69) is 27.0 Å². The van der Waals surface area contributed by atoms with Crippen LogP contribution in [-0.2, 0) is 19.3 Å². The van der Waals surface area contributed by atoms with E-state index in [1.165, 1.54) is 0 Å². The first kappa shape index (κ1) is 17.8. The van der Waals surface area contributed by atoms with E-state index >= 15 is 0 Å². The summed E-state index contributed by atoms with van der Waals surface area (Å²) in [5.41, 5.74) is 4.91. The molecule has 0 radical (unpaired) electrons. The number of pyridine rings is 1. The van der Waals surface area contributed by atoms with Crippen molar-refractivity contribution in [3.63, 3.8) is 0 Å². The number of hydrogen-bond donors (Lipinski definition) is 2. The molecule has 0 saturated carbocycles. The summed E-state index contributed by atoms with van der Waals surface area (Å²) in [7, 11) is 1.99. The normalized spacial score (nSPS) is 12.9. The third kappa shape index (κ3) is 2.87. The van der Waals surface area contributed by atoms with Gasteiger partial charge in [-0.3, -0.25) is 9.78 Å². The molecule has 2 aromatic heterocycles. The molecule has 6 heteroatoms. The quantitative estimate of drug-likeness (QED) is 0.495. The van der Waals surface area contributed by atoms with Crippen molar-refractivity contribution in [1.82, 2.24) is 14.9 Å². The summed E-state index contributed by atoms with van der Waals surface area (Å²) in [6.07, 6.45) is 3.45. The lowest BCUT2D eigenvalue weighted by atomic mass is 9.94. The third-order valence-electron chi connectivity index (χ3n) is 5.43. The highest BCUT2D eigenvalue weighted by Gasteiger charge is 2.30. The average molecular weight is 401 g/mol. The molecule has 0 aliphatic carbocycles. The third-order valence-corrected chi connectivity index (χ3v) is 6.45. The lowest BCUT2D eigenvalue weighted by Gasteiger charge is -2.18. The number of benzene rings is 2. The molecule has 0 fully saturated rings. The Morgan fingerprint density at radius 3 is 2.79 bits per heavy atom. The van der Waals surface area contributed by atoms with Gasteiger partial charge in [0.05, 0.1) is 11.1 Å². The standard InChI is InChI=1S/C23H19N3O2S/c1-26-18-10-16(14-6-5-9-24-11-14)22(27)17-12-25-23(28)21(20(17)18)19(26)13-29-15-7-3-2-4-8-15/h2-11,27H,12-13H2,1H3,(H,25,28). The van der Waals surface area contributed by atoms with Crippen molar-refractivity contribution in [2.45, 2.75) is 17.2 Å². The summed E-state index contributed by atoms with van der Waals surface area (Å²) in [5, 5.41) is 14.8. The van der Waals surface area contributed by atoms with Crippen molar-refractivity contribution in [3.05, 3.63) is 77.7 Å². The first-order valence-corrected chi connectivity index (χ1v) is 10.4. The van der Waals surface area contributed by atoms with Crippen molar-refractivity contribution >= 4 is 28.6 Å². The molecule has 2 aromatic carbocycles. The van der Waals surface area contributed by atoms with Crippen LogP contribution in [0.25, 0.3) is 22.0 Å². The minimum Gasteiger partial charge on any atom is -0.507 e. The molecule has 29 heavy (non-hydrogen) atoms. The van der Waals surface area contributed by atoms with Crippen LogP contribution in [0.3, 0.4) is 0 Å². The van der Waals surface area contributed by atoms with Gasteiger partial charge in [-0.2, -0.15) is 0 Å². The van der Waals surface area contributed by atoms with Crippen LogP contribution in [0, 0.1) is 0 Å². The van der Waals surface area contributed by atoms with Gasteiger partial charge in [-0.15, -0.1) is 11.8 Å². The molecule has 0 unspecified atom stereocenters. The van der Waals surface area contributed by atoms with Crippen LogP contribution in [0.2, 0.25) is 0 Å². The number of hydrogen-bond acceptors (Lipinski definition) is 4. The molecule has 0 saturated heterocycles. The van der Waals surface area contributed by atoms with E-state index in [1.54, 1.807) is 24.2 Å². The number of nitrogens with zero attached hydrogens (tertiary/aromatic N) is 2. The molecule has 0 spiro atoms. The minimum atomic E-state index is -0.0831. The largest absolute Gasteiger partial charge is 0.507 e. The summed E-state index contributed by atoms with van der Waals surface area (Å²) < 4.78 is 2.08. The summed E-state index contributed by atoms with van der Waals surface area (Å²) in [6, 6.07) is 15.9. The van der Waals surface area contributed by atoms with Crippen molar-refractivity contribution in [2.75, 3.05) is 0 Å². The summed E-state index contributed by atoms with van der Waals surface area (Å²) >= 11 is 1.70. The lowest BCUT2D eigenvalue weighted by Crippen LogP contribution is -2.27. The van der Waals surface area contributed by atoms with E-state index in [9.17, 15) is 9.90 Å². The minimum absolute atomic E-state index is 0.0831. The van der Waals surface area contributed by atoms with Gasteiger partial charge in [0.2, 0.25) is 0 Å². The summed E-state index contributed by atoms with van der Waals surface area (Å²) in [5.74, 6) is 0.792. The highest BCUT2D eigenvalue weighted by atomic mass is 32.2. The number of aromatic hydroxyl groups is 1. The Hall–Kier alpha value is -3.25. The Labute approximate surface area is 172 Å². The fraction of sp³-hybridized carbons (Fsp3) is 0.130. The summed E-state index contributed by atoms with van der Waals surface area (Å²) in [6.45, 7) is 0.317. The Morgan fingerprint density at radius 1 is 1.21 bits per heavy atom. The van der Waals surface area contributed by atoms with Gasteiger partial charge < -0.3 is 15.0 Å². The van der Waals surface area contributed by atoms with E-state index in [-0.39, 0.29) is 11.7 Å². The zero-order valence-corrected chi connectivity index (χ0v) is 16.7. The van der Waals surface area contributed by atoms with Crippen LogP contribution in [0.15, 0.2) is 65.8 Å². The number of nitrogens with one attached hydrogen (secondary N) is 1. The van der Waals surface area contributed by atoms with Gasteiger partial charge in [-0.25, -0.2) is 0 Å². The Morgan fingerprint density at radius 2 is 2.03 bits per heavy atom. The number of carbonyl (C=O) groups is 1. The highest BCUT2D eigenvalue weighted by Crippen LogP contribution is 2.43. The maximum Gasteiger partial charge on any atom is 0.254 e. The van der Waals surface area contributed by atoms with Crippen LogP contribution < -0.4 is 5.32 Å². The topological polar surface area (TPSA) is 67.2 Å². The van der Waals surface area contributed by atoms with E-state index in [0.29, 0.717) is 17.9 Å². The van der Waals surface area contributed by atoms with E-state index in [1.807, 2.05) is 43.4 Å². The monoisotopic (exact) mass is 401 g/mol. The van der Waals surface area contributed by atoms with Gasteiger partial charge in [0.25, 0.3) is 5.91 Å². The van der Waals surface area contributed by atoms with Gasteiger partial charge in [0.1, 0.15) is 5.75 Å². The van der Waals surface area contributed by atoms with Crippen LogP contribution in [0.5, 0.6) is 5.75 Å². The molecule has 1 amide bonds. The fourth-order valence-corrected chi connectivity index (χ4v) is 4.96. The second-order valence-corrected chi connectivity index (χ2v) is 8.10. The van der Waals surface area contributed by atoms with E-state index in [0.717, 1.165) is 38.2 Å². The maximum atomic E-state index is 12.8. The number of aryl methyl sites for hydroxylation is 1. The SMILES string of the molecule is Cn1c(CSc2ccccc2)c2c3c(c(O)c(-c4cccnc4)cc31)CNC2=O. The molecule has 1 aliphatic rings. The molecule has 1 aliphatic heterocycles. The molecule has 3 heterocycles. The number of phenolic OH excluding ortho intramolecular Hbond substituents is 1. The van der Waals surface area contributed by atoms with Gasteiger partial charge in [0, 0.05) is 64.4 Å². The summed E-state index contributed by atoms with van der Waals surface area (Å²) in [4.78, 5) is 18.1. The van der Waals surface area contributed by atoms with Crippen molar-refractivity contribution < 1.29 is 9.90 Å². The fourth-order valence-electron chi connectivity index (χ4n) is 3.97. The number of carbonyl (C=O) groups excluding carboxylic acids is 1. The number of phenols is 1. The number of rotatable bonds is 4. The Kier molecular flexibility index (Phi) is 4.28. The number of thioether (sulfide) groups is 1. The average Bonchev–Trinajstić information content (AvgIpc) is 3.04. The van der Waals surface area contributed by atoms with Crippen LogP contribution in [-0.4, -0.2) is 20.6 Å². The molecule has 5 rings (SSSR count). The van der Waals surface area contributed by atoms with Crippen LogP contribution in [0.1, 0.15) is 21.6 Å². The Bertz CT molecular complexity index is 1230. The molecular weight excluding hydrogens is 382 g/mol. The maximum absolute atomic E-state index is 12.8. The molecular formula is C23H19N3O2S. The van der Waals surface area contributed by atoms with Crippen molar-refractivity contribution in [1.29, 1.82) is 0 Å². The van der Waals surface area contributed by atoms with Crippen LogP contribution in [0.4, 0.5) is 0 Å². The van der Waals surface area contributed by atoms with E-state index in [4.69, 9.17) is 0 Å². The van der Waals surface area contributed by atoms with Gasteiger partial charge >= 0.3 is 0 Å². The number of amides is 1. The Balaban J connectivity index is 1.70. The van der Waals surface area contributed by atoms with Gasteiger partial charge in [0.15, 0.2) is 0 Å². The zero-order chi connectivity index (χ0) is 20.0. The van der Waals surface area contributed by atoms with Gasteiger partial charge in [-0.05, 0) is 24.3 Å². The van der Waals surface area contributed by atoms with Crippen LogP contribution >= 0.6 is 11.8 Å². The molecule has 0 atom stereocenters. The number of aromatic nitrogens is 2. The first-order valence-electron chi connectivity index (χ1n) is 9.37. The zero-order valence-electron chi connectivity index (χ0n) is 15.8. The highest BCUT2D eigenvalue weighted by molar-refractivity contribution is 7.98. The predicted molar refractivity (Wildman–Crippen MR) is 115 cm³/mol. The molecule has 4 aromatic rings.